The van der Waals surface area contributed by atoms with Crippen molar-refractivity contribution in [1.29, 1.82) is 0 Å². The third-order valence-corrected chi connectivity index (χ3v) is 6.40. The van der Waals surface area contributed by atoms with Crippen molar-refractivity contribution >= 4 is 67.6 Å². The normalized spacial score (nSPS) is 12.5. The summed E-state index contributed by atoms with van der Waals surface area (Å²) in [4.78, 5) is 27.6. The highest BCUT2D eigenvalue weighted by atomic mass is 79.9. The number of nitrogens with one attached hydrogen (secondary N) is 2. The minimum absolute atomic E-state index is 0.0367. The summed E-state index contributed by atoms with van der Waals surface area (Å²) in [6.45, 7) is 0. The molecule has 0 saturated heterocycles. The minimum atomic E-state index is -5.07. The summed E-state index contributed by atoms with van der Waals surface area (Å²) in [6.07, 6.45) is -10.1. The van der Waals surface area contributed by atoms with Crippen LogP contribution < -0.4 is 10.9 Å². The number of carbonyl (C=O) groups excluding carboxylic acids is 1. The van der Waals surface area contributed by atoms with Crippen LogP contribution in [0.5, 0.6) is 0 Å². The van der Waals surface area contributed by atoms with E-state index in [0.29, 0.717) is 22.1 Å². The SMILES string of the molecule is O=C(Nc1cc(C(F)(F)F)cc(C(F)(F)F)c1)c1sc(=S)n2c1[nH]c(=O)c1cc(Br)ccc12. The van der Waals surface area contributed by atoms with Crippen LogP contribution >= 0.6 is 39.5 Å². The van der Waals surface area contributed by atoms with Gasteiger partial charge in [0.15, 0.2) is 3.95 Å². The highest BCUT2D eigenvalue weighted by molar-refractivity contribution is 9.10. The molecule has 172 valence electrons. The molecule has 2 aromatic carbocycles. The van der Waals surface area contributed by atoms with Crippen molar-refractivity contribution in [3.05, 3.63) is 71.2 Å². The third kappa shape index (κ3) is 4.42. The summed E-state index contributed by atoms with van der Waals surface area (Å²) in [5.74, 6) is -1.03. The van der Waals surface area contributed by atoms with E-state index in [2.05, 4.69) is 20.9 Å². The van der Waals surface area contributed by atoms with Crippen LogP contribution in [-0.2, 0) is 12.4 Å². The Morgan fingerprint density at radius 1 is 1.03 bits per heavy atom. The second kappa shape index (κ2) is 7.95. The molecule has 0 spiro atoms. The van der Waals surface area contributed by atoms with Gasteiger partial charge in [0.1, 0.15) is 10.5 Å². The molecule has 14 heteroatoms. The highest BCUT2D eigenvalue weighted by Crippen LogP contribution is 2.38. The molecule has 2 heterocycles. The van der Waals surface area contributed by atoms with Gasteiger partial charge >= 0.3 is 12.4 Å². The van der Waals surface area contributed by atoms with Gasteiger partial charge in [0, 0.05) is 10.2 Å². The first kappa shape index (κ1) is 23.4. The second-order valence-corrected chi connectivity index (χ2v) is 9.31. The summed E-state index contributed by atoms with van der Waals surface area (Å²) < 4.78 is 80.7. The second-order valence-electron chi connectivity index (χ2n) is 6.75. The van der Waals surface area contributed by atoms with Crippen molar-refractivity contribution in [2.75, 3.05) is 5.32 Å². The number of alkyl halides is 6. The lowest BCUT2D eigenvalue weighted by Crippen LogP contribution is -2.17. The van der Waals surface area contributed by atoms with E-state index in [4.69, 9.17) is 12.2 Å². The number of benzene rings is 2. The first-order valence-corrected chi connectivity index (χ1v) is 10.8. The summed E-state index contributed by atoms with van der Waals surface area (Å²) in [6, 6.07) is 5.49. The maximum absolute atomic E-state index is 13.1. The number of amides is 1. The molecule has 33 heavy (non-hydrogen) atoms. The Hall–Kier alpha value is -2.71. The van der Waals surface area contributed by atoms with Gasteiger partial charge in [-0.1, -0.05) is 27.3 Å². The quantitative estimate of drug-likeness (QED) is 0.211. The fourth-order valence-electron chi connectivity index (χ4n) is 3.13. The molecule has 2 aromatic heterocycles. The van der Waals surface area contributed by atoms with Gasteiger partial charge in [0.2, 0.25) is 0 Å². The minimum Gasteiger partial charge on any atom is -0.321 e. The topological polar surface area (TPSA) is 66.4 Å². The number of H-pyrrole nitrogens is 1. The number of aromatic nitrogens is 2. The van der Waals surface area contributed by atoms with E-state index in [0.717, 1.165) is 11.3 Å². The van der Waals surface area contributed by atoms with E-state index in [1.807, 2.05) is 5.32 Å². The highest BCUT2D eigenvalue weighted by Gasteiger charge is 2.37. The number of anilines is 1. The van der Waals surface area contributed by atoms with Crippen LogP contribution in [0, 0.1) is 3.95 Å². The zero-order valence-electron chi connectivity index (χ0n) is 15.7. The lowest BCUT2D eigenvalue weighted by molar-refractivity contribution is -0.143. The predicted molar refractivity (Wildman–Crippen MR) is 116 cm³/mol. The molecule has 0 atom stereocenters. The number of nitrogens with zero attached hydrogens (tertiary/aromatic N) is 1. The number of rotatable bonds is 2. The summed E-state index contributed by atoms with van der Waals surface area (Å²) in [5.41, 5.74) is -4.10. The van der Waals surface area contributed by atoms with Gasteiger partial charge in [-0.2, -0.15) is 26.3 Å². The molecule has 1 amide bonds. The van der Waals surface area contributed by atoms with Gasteiger partial charge in [-0.25, -0.2) is 0 Å². The van der Waals surface area contributed by atoms with E-state index in [9.17, 15) is 35.9 Å². The van der Waals surface area contributed by atoms with Crippen molar-refractivity contribution in [2.24, 2.45) is 0 Å². The van der Waals surface area contributed by atoms with Gasteiger partial charge in [-0.15, -0.1) is 0 Å². The van der Waals surface area contributed by atoms with E-state index in [1.54, 1.807) is 12.1 Å². The number of thiazole rings is 1. The Bertz CT molecular complexity index is 1520. The zero-order chi connectivity index (χ0) is 24.3. The number of fused-ring (bicyclic) bond motifs is 3. The Kier molecular flexibility index (Phi) is 5.65. The largest absolute Gasteiger partial charge is 0.416 e. The van der Waals surface area contributed by atoms with Crippen LogP contribution in [0.15, 0.2) is 45.7 Å². The molecule has 5 nitrogen and oxygen atoms in total. The third-order valence-electron chi connectivity index (χ3n) is 4.54. The summed E-state index contributed by atoms with van der Waals surface area (Å²) in [7, 11) is 0. The molecular formula is C19H8BrF6N3O2S2. The van der Waals surface area contributed by atoms with E-state index in [1.165, 1.54) is 10.5 Å². The lowest BCUT2D eigenvalue weighted by atomic mass is 10.1. The van der Waals surface area contributed by atoms with Crippen LogP contribution in [0.1, 0.15) is 20.8 Å². The van der Waals surface area contributed by atoms with Gasteiger partial charge in [0.25, 0.3) is 11.5 Å². The average Bonchev–Trinajstić information content (AvgIpc) is 3.03. The van der Waals surface area contributed by atoms with E-state index in [-0.39, 0.29) is 25.9 Å². The van der Waals surface area contributed by atoms with Gasteiger partial charge in [0.05, 0.1) is 22.0 Å². The molecule has 0 saturated carbocycles. The average molecular weight is 568 g/mol. The maximum Gasteiger partial charge on any atom is 0.416 e. The summed E-state index contributed by atoms with van der Waals surface area (Å²) in [5, 5.41) is 2.30. The first-order valence-electron chi connectivity index (χ1n) is 8.73. The van der Waals surface area contributed by atoms with E-state index >= 15 is 0 Å². The van der Waals surface area contributed by atoms with Crippen LogP contribution in [0.4, 0.5) is 32.0 Å². The Balaban J connectivity index is 1.84. The van der Waals surface area contributed by atoms with Crippen molar-refractivity contribution in [2.45, 2.75) is 12.4 Å². The van der Waals surface area contributed by atoms with Gasteiger partial charge in [-0.05, 0) is 48.6 Å². The number of hydrogen-bond donors (Lipinski definition) is 2. The Morgan fingerprint density at radius 2 is 1.64 bits per heavy atom. The molecule has 4 aromatic rings. The standard InChI is InChI=1S/C19H8BrF6N3O2S2/c20-9-1-2-12-11(6-9)15(30)28-14-13(33-17(32)29(12)14)16(31)27-10-4-7(18(21,22)23)3-8(5-10)19(24,25)26/h1-6H,(H,27,31)(H,28,30). The van der Waals surface area contributed by atoms with E-state index < -0.39 is 40.6 Å². The molecule has 0 radical (unpaired) electrons. The van der Waals surface area contributed by atoms with Gasteiger partial charge < -0.3 is 10.3 Å². The fourth-order valence-corrected chi connectivity index (χ4v) is 4.77. The van der Waals surface area contributed by atoms with Gasteiger partial charge in [-0.3, -0.25) is 14.0 Å². The number of aromatic amines is 1. The molecular weight excluding hydrogens is 560 g/mol. The van der Waals surface area contributed by atoms with Crippen molar-refractivity contribution in [1.82, 2.24) is 9.38 Å². The smallest absolute Gasteiger partial charge is 0.321 e. The van der Waals surface area contributed by atoms with Crippen molar-refractivity contribution < 1.29 is 31.1 Å². The molecule has 2 N–H and O–H groups in total. The molecule has 0 bridgehead atoms. The molecule has 0 unspecified atom stereocenters. The van der Waals surface area contributed by atoms with Crippen LogP contribution in [-0.4, -0.2) is 15.3 Å². The maximum atomic E-state index is 13.1. The van der Waals surface area contributed by atoms with Crippen LogP contribution in [0.3, 0.4) is 0 Å². The Labute approximate surface area is 196 Å². The number of carbonyl (C=O) groups is 1. The van der Waals surface area contributed by atoms with Crippen molar-refractivity contribution in [3.8, 4) is 0 Å². The molecule has 4 rings (SSSR count). The lowest BCUT2D eigenvalue weighted by Gasteiger charge is -2.14. The molecule has 0 aliphatic heterocycles. The Morgan fingerprint density at radius 3 is 2.21 bits per heavy atom. The summed E-state index contributed by atoms with van der Waals surface area (Å²) >= 11 is 9.26. The number of hydrogen-bond acceptors (Lipinski definition) is 4. The first-order chi connectivity index (χ1) is 15.3. The van der Waals surface area contributed by atoms with Crippen LogP contribution in [0.25, 0.3) is 16.6 Å². The predicted octanol–water partition coefficient (Wildman–Crippen LogP) is 6.62. The monoisotopic (exact) mass is 567 g/mol. The zero-order valence-corrected chi connectivity index (χ0v) is 18.9. The molecule has 0 aliphatic rings. The number of halogens is 7. The molecule has 0 aliphatic carbocycles. The molecule has 0 fully saturated rings. The fraction of sp³-hybridized carbons (Fsp3) is 0.105. The van der Waals surface area contributed by atoms with Crippen molar-refractivity contribution in [3.63, 3.8) is 0 Å². The van der Waals surface area contributed by atoms with Crippen LogP contribution in [0.2, 0.25) is 0 Å².